The maximum Gasteiger partial charge on any atom is 0.504 e. The lowest BCUT2D eigenvalue weighted by molar-refractivity contribution is 0.0898. The van der Waals surface area contributed by atoms with Gasteiger partial charge in [0.05, 0.1) is 0 Å². The van der Waals surface area contributed by atoms with Crippen molar-refractivity contribution in [2.75, 3.05) is 20.3 Å². The number of hydrogen-bond acceptors (Lipinski definition) is 3. The molecule has 0 spiro atoms. The summed E-state index contributed by atoms with van der Waals surface area (Å²) in [6.45, 7) is 8.76. The van der Waals surface area contributed by atoms with E-state index >= 15 is 0 Å². The van der Waals surface area contributed by atoms with Crippen LogP contribution in [0.15, 0.2) is 12.7 Å². The maximum absolute atomic E-state index is 5.48. The zero-order chi connectivity index (χ0) is 9.45. The highest BCUT2D eigenvalue weighted by Crippen LogP contribution is 2.14. The molecule has 0 N–H and O–H groups in total. The van der Waals surface area contributed by atoms with Gasteiger partial charge in [-0.15, -0.1) is 6.58 Å². The summed E-state index contributed by atoms with van der Waals surface area (Å²) < 4.78 is 16.2. The Balaban J connectivity index is 4.15. The van der Waals surface area contributed by atoms with Crippen molar-refractivity contribution in [1.82, 2.24) is 0 Å². The molecule has 72 valence electrons. The lowest BCUT2D eigenvalue weighted by atomic mass is 10.8. The molecule has 0 bridgehead atoms. The average molecular weight is 190 g/mol. The van der Waals surface area contributed by atoms with E-state index in [0.717, 1.165) is 0 Å². The number of hydrogen-bond donors (Lipinski definition) is 0. The Morgan fingerprint density at radius 3 is 2.00 bits per heavy atom. The summed E-state index contributed by atoms with van der Waals surface area (Å²) in [6.07, 6.45) is 1.78. The fourth-order valence-electron chi connectivity index (χ4n) is 0.977. The van der Waals surface area contributed by atoms with E-state index in [1.54, 1.807) is 13.2 Å². The molecule has 0 unspecified atom stereocenters. The molecule has 0 aliphatic carbocycles. The summed E-state index contributed by atoms with van der Waals surface area (Å²) in [7, 11) is -0.762. The first-order valence-corrected chi connectivity index (χ1v) is 6.11. The summed E-state index contributed by atoms with van der Waals surface area (Å²) in [5.41, 5.74) is 0. The Labute approximate surface area is 75.7 Å². The molecule has 0 heterocycles. The minimum atomic E-state index is -2.39. The SMILES string of the molecule is C=CC[Si](OC)(OCC)OCC. The van der Waals surface area contributed by atoms with E-state index in [-0.39, 0.29) is 0 Å². The van der Waals surface area contributed by atoms with E-state index in [1.165, 1.54) is 0 Å². The molecular formula is C8H18O3Si. The summed E-state index contributed by atoms with van der Waals surface area (Å²) in [5.74, 6) is 0. The van der Waals surface area contributed by atoms with Gasteiger partial charge in [-0.25, -0.2) is 0 Å². The molecule has 0 saturated heterocycles. The van der Waals surface area contributed by atoms with Crippen LogP contribution in [0.1, 0.15) is 13.8 Å². The van der Waals surface area contributed by atoms with Gasteiger partial charge < -0.3 is 13.3 Å². The van der Waals surface area contributed by atoms with Crippen LogP contribution in [-0.2, 0) is 13.3 Å². The molecule has 0 radical (unpaired) electrons. The van der Waals surface area contributed by atoms with Gasteiger partial charge in [0.2, 0.25) is 0 Å². The number of allylic oxidation sites excluding steroid dienone is 1. The van der Waals surface area contributed by atoms with Crippen LogP contribution in [0, 0.1) is 0 Å². The third kappa shape index (κ3) is 3.49. The lowest BCUT2D eigenvalue weighted by Gasteiger charge is -2.25. The lowest BCUT2D eigenvalue weighted by Crippen LogP contribution is -2.44. The van der Waals surface area contributed by atoms with Crippen LogP contribution in [0.5, 0.6) is 0 Å². The second-order valence-electron chi connectivity index (χ2n) is 2.25. The molecule has 12 heavy (non-hydrogen) atoms. The smallest absolute Gasteiger partial charge is 0.377 e. The summed E-state index contributed by atoms with van der Waals surface area (Å²) in [5, 5.41) is 0. The highest BCUT2D eigenvalue weighted by molar-refractivity contribution is 6.61. The van der Waals surface area contributed by atoms with Crippen LogP contribution in [-0.4, -0.2) is 29.1 Å². The van der Waals surface area contributed by atoms with Gasteiger partial charge in [0.25, 0.3) is 0 Å². The second-order valence-corrected chi connectivity index (χ2v) is 5.01. The first-order chi connectivity index (χ1) is 5.74. The van der Waals surface area contributed by atoms with E-state index in [0.29, 0.717) is 19.3 Å². The first kappa shape index (κ1) is 11.8. The topological polar surface area (TPSA) is 27.7 Å². The summed E-state index contributed by atoms with van der Waals surface area (Å²) in [4.78, 5) is 0. The third-order valence-corrected chi connectivity index (χ3v) is 4.30. The van der Waals surface area contributed by atoms with Gasteiger partial charge in [-0.1, -0.05) is 6.08 Å². The fourth-order valence-corrected chi connectivity index (χ4v) is 2.93. The summed E-state index contributed by atoms with van der Waals surface area (Å²) >= 11 is 0. The monoisotopic (exact) mass is 190 g/mol. The van der Waals surface area contributed by atoms with Crippen LogP contribution in [0.3, 0.4) is 0 Å². The third-order valence-electron chi connectivity index (χ3n) is 1.43. The van der Waals surface area contributed by atoms with Crippen LogP contribution in [0.25, 0.3) is 0 Å². The largest absolute Gasteiger partial charge is 0.504 e. The van der Waals surface area contributed by atoms with Crippen molar-refractivity contribution in [1.29, 1.82) is 0 Å². The average Bonchev–Trinajstić information content (AvgIpc) is 2.06. The summed E-state index contributed by atoms with van der Waals surface area (Å²) in [6, 6.07) is 0.672. The van der Waals surface area contributed by atoms with Crippen LogP contribution < -0.4 is 0 Å². The quantitative estimate of drug-likeness (QED) is 0.453. The van der Waals surface area contributed by atoms with Crippen LogP contribution in [0.4, 0.5) is 0 Å². The van der Waals surface area contributed by atoms with Crippen LogP contribution in [0.2, 0.25) is 6.04 Å². The molecular weight excluding hydrogens is 172 g/mol. The highest BCUT2D eigenvalue weighted by atomic mass is 28.4. The van der Waals surface area contributed by atoms with Gasteiger partial charge in [-0.3, -0.25) is 0 Å². The highest BCUT2D eigenvalue weighted by Gasteiger charge is 2.37. The van der Waals surface area contributed by atoms with E-state index in [4.69, 9.17) is 13.3 Å². The van der Waals surface area contributed by atoms with Gasteiger partial charge >= 0.3 is 8.80 Å². The molecule has 4 heteroatoms. The van der Waals surface area contributed by atoms with Gasteiger partial charge in [0, 0.05) is 26.4 Å². The van der Waals surface area contributed by atoms with Gasteiger partial charge in [0.1, 0.15) is 0 Å². The zero-order valence-corrected chi connectivity index (χ0v) is 9.13. The predicted molar refractivity (Wildman–Crippen MR) is 51.0 cm³/mol. The molecule has 0 amide bonds. The van der Waals surface area contributed by atoms with Crippen molar-refractivity contribution in [3.05, 3.63) is 12.7 Å². The van der Waals surface area contributed by atoms with Crippen LogP contribution >= 0.6 is 0 Å². The molecule has 3 nitrogen and oxygen atoms in total. The van der Waals surface area contributed by atoms with E-state index in [2.05, 4.69) is 6.58 Å². The second kappa shape index (κ2) is 6.36. The van der Waals surface area contributed by atoms with Crippen molar-refractivity contribution in [3.63, 3.8) is 0 Å². The molecule has 0 aromatic heterocycles. The minimum Gasteiger partial charge on any atom is -0.377 e. The molecule has 0 aliphatic rings. The minimum absolute atomic E-state index is 0.619. The normalized spacial score (nSPS) is 11.6. The molecule has 0 saturated carbocycles. The van der Waals surface area contributed by atoms with E-state index < -0.39 is 8.80 Å². The van der Waals surface area contributed by atoms with Crippen molar-refractivity contribution < 1.29 is 13.3 Å². The van der Waals surface area contributed by atoms with E-state index in [9.17, 15) is 0 Å². The Bertz CT molecular complexity index is 121. The van der Waals surface area contributed by atoms with Gasteiger partial charge in [-0.2, -0.15) is 0 Å². The Hall–Kier alpha value is -0.163. The van der Waals surface area contributed by atoms with Crippen molar-refractivity contribution in [3.8, 4) is 0 Å². The molecule has 0 aliphatic heterocycles. The molecule has 0 aromatic carbocycles. The standard InChI is InChI=1S/C8H18O3Si/c1-5-8-12(9-4,10-6-2)11-7-3/h5H,1,6-8H2,2-4H3. The van der Waals surface area contributed by atoms with Crippen molar-refractivity contribution in [2.24, 2.45) is 0 Å². The molecule has 0 aromatic rings. The Morgan fingerprint density at radius 2 is 1.75 bits per heavy atom. The maximum atomic E-state index is 5.48. The molecule has 0 rings (SSSR count). The number of rotatable bonds is 7. The molecule has 0 fully saturated rings. The zero-order valence-electron chi connectivity index (χ0n) is 8.13. The fraction of sp³-hybridized carbons (Fsp3) is 0.750. The van der Waals surface area contributed by atoms with Gasteiger partial charge in [0.15, 0.2) is 0 Å². The first-order valence-electron chi connectivity index (χ1n) is 4.18. The predicted octanol–water partition coefficient (Wildman–Crippen LogP) is 1.83. The Kier molecular flexibility index (Phi) is 6.28. The van der Waals surface area contributed by atoms with E-state index in [1.807, 2.05) is 13.8 Å². The van der Waals surface area contributed by atoms with Crippen molar-refractivity contribution in [2.45, 2.75) is 19.9 Å². The van der Waals surface area contributed by atoms with Crippen molar-refractivity contribution >= 4 is 8.80 Å². The van der Waals surface area contributed by atoms with Gasteiger partial charge in [-0.05, 0) is 13.8 Å². The Morgan fingerprint density at radius 1 is 1.25 bits per heavy atom. The molecule has 0 atom stereocenters.